The Bertz CT molecular complexity index is 386. The smallest absolute Gasteiger partial charge is 0.0623 e. The molecule has 0 bridgehead atoms. The predicted molar refractivity (Wildman–Crippen MR) is 62.4 cm³/mol. The van der Waals surface area contributed by atoms with Crippen molar-refractivity contribution in [2.45, 2.75) is 6.92 Å². The largest absolute Gasteiger partial charge is 0.385 e. The van der Waals surface area contributed by atoms with Gasteiger partial charge in [-0.25, -0.2) is 0 Å². The maximum atomic E-state index is 8.25. The molecule has 15 heavy (non-hydrogen) atoms. The topological polar surface area (TPSA) is 28.1 Å². The Balaban J connectivity index is 0.000000162. The fourth-order valence-corrected chi connectivity index (χ4v) is 0.996. The summed E-state index contributed by atoms with van der Waals surface area (Å²) >= 11 is 0. The highest BCUT2D eigenvalue weighted by atomic mass is 14.8. The van der Waals surface area contributed by atoms with Crippen LogP contribution in [-0.2, 0) is 0 Å². The molecular formula is C13H13N2+. The van der Waals surface area contributed by atoms with Gasteiger partial charge in [-0.2, -0.15) is 0 Å². The van der Waals surface area contributed by atoms with Crippen molar-refractivity contribution in [1.82, 2.24) is 0 Å². The molecule has 0 aliphatic heterocycles. The van der Waals surface area contributed by atoms with Crippen molar-refractivity contribution < 1.29 is 0 Å². The van der Waals surface area contributed by atoms with Gasteiger partial charge >= 0.3 is 5.69 Å². The molecule has 0 heterocycles. The predicted octanol–water partition coefficient (Wildman–Crippen LogP) is 4.17. The van der Waals surface area contributed by atoms with E-state index in [2.05, 4.69) is 4.98 Å². The lowest BCUT2D eigenvalue weighted by Crippen LogP contribution is -1.65. The Morgan fingerprint density at radius 3 is 1.53 bits per heavy atom. The van der Waals surface area contributed by atoms with Crippen LogP contribution < -0.4 is 0 Å². The van der Waals surface area contributed by atoms with Gasteiger partial charge in [0.25, 0.3) is 0 Å². The first-order valence-corrected chi connectivity index (χ1v) is 4.74. The van der Waals surface area contributed by atoms with Crippen molar-refractivity contribution in [2.75, 3.05) is 0 Å². The van der Waals surface area contributed by atoms with Crippen LogP contribution in [0.25, 0.3) is 4.98 Å². The Morgan fingerprint density at radius 1 is 0.800 bits per heavy atom. The lowest BCUT2D eigenvalue weighted by Gasteiger charge is -1.81. The van der Waals surface area contributed by atoms with Crippen LogP contribution in [0.3, 0.4) is 0 Å². The number of rotatable bonds is 0. The second kappa shape index (κ2) is 6.33. The third-order valence-corrected chi connectivity index (χ3v) is 1.82. The molecule has 2 aromatic carbocycles. The minimum Gasteiger partial charge on any atom is -0.0623 e. The van der Waals surface area contributed by atoms with E-state index < -0.39 is 0 Å². The molecule has 0 saturated carbocycles. The second-order valence-electron chi connectivity index (χ2n) is 3.09. The summed E-state index contributed by atoms with van der Waals surface area (Å²) in [5, 5.41) is 8.25. The van der Waals surface area contributed by atoms with Gasteiger partial charge in [-0.3, -0.25) is 0 Å². The van der Waals surface area contributed by atoms with Crippen molar-refractivity contribution in [2.24, 2.45) is 0 Å². The van der Waals surface area contributed by atoms with E-state index in [0.717, 1.165) is 0 Å². The van der Waals surface area contributed by atoms with Crippen LogP contribution in [0, 0.1) is 12.3 Å². The van der Waals surface area contributed by atoms with Gasteiger partial charge in [0.05, 0.1) is 0 Å². The molecule has 0 atom stereocenters. The monoisotopic (exact) mass is 197 g/mol. The molecule has 0 aliphatic carbocycles. The Morgan fingerprint density at radius 2 is 1.20 bits per heavy atom. The Labute approximate surface area is 89.8 Å². The van der Waals surface area contributed by atoms with E-state index in [4.69, 9.17) is 5.39 Å². The zero-order valence-electron chi connectivity index (χ0n) is 8.67. The van der Waals surface area contributed by atoms with Crippen molar-refractivity contribution in [3.8, 4) is 0 Å². The first-order valence-electron chi connectivity index (χ1n) is 4.74. The highest BCUT2D eigenvalue weighted by Gasteiger charge is 1.98. The van der Waals surface area contributed by atoms with Gasteiger partial charge in [-0.05, 0) is 6.92 Å². The van der Waals surface area contributed by atoms with Crippen LogP contribution in [-0.4, -0.2) is 0 Å². The number of hydrogen-bond acceptors (Lipinski definition) is 1. The van der Waals surface area contributed by atoms with Gasteiger partial charge in [0, 0.05) is 12.1 Å². The minimum absolute atomic E-state index is 0.598. The van der Waals surface area contributed by atoms with Gasteiger partial charge in [0.15, 0.2) is 4.98 Å². The van der Waals surface area contributed by atoms with Crippen molar-refractivity contribution in [3.63, 3.8) is 0 Å². The quantitative estimate of drug-likeness (QED) is 0.582. The van der Waals surface area contributed by atoms with Crippen LogP contribution in [0.5, 0.6) is 0 Å². The third kappa shape index (κ3) is 4.58. The second-order valence-corrected chi connectivity index (χ2v) is 3.09. The average molecular weight is 197 g/mol. The Kier molecular flexibility index (Phi) is 4.62. The summed E-state index contributed by atoms with van der Waals surface area (Å²) in [6, 6.07) is 19.3. The number of hydrogen-bond donors (Lipinski definition) is 0. The lowest BCUT2D eigenvalue weighted by molar-refractivity contribution is 1.43. The summed E-state index contributed by atoms with van der Waals surface area (Å²) < 4.78 is 0. The van der Waals surface area contributed by atoms with E-state index in [1.807, 2.05) is 55.5 Å². The number of diazo groups is 1. The van der Waals surface area contributed by atoms with Crippen LogP contribution in [0.15, 0.2) is 60.7 Å². The summed E-state index contributed by atoms with van der Waals surface area (Å²) in [6.45, 7) is 1.99. The molecule has 0 radical (unpaired) electrons. The summed E-state index contributed by atoms with van der Waals surface area (Å²) in [4.78, 5) is 3.01. The highest BCUT2D eigenvalue weighted by molar-refractivity contribution is 5.44. The van der Waals surface area contributed by atoms with E-state index in [-0.39, 0.29) is 0 Å². The Hall–Kier alpha value is -2.14. The molecule has 74 valence electrons. The zero-order chi connectivity index (χ0) is 10.9. The normalized spacial score (nSPS) is 8.27. The molecule has 0 unspecified atom stereocenters. The summed E-state index contributed by atoms with van der Waals surface area (Å²) in [7, 11) is 0. The maximum Gasteiger partial charge on any atom is 0.385 e. The van der Waals surface area contributed by atoms with Gasteiger partial charge < -0.3 is 0 Å². The molecule has 0 amide bonds. The molecule has 0 spiro atoms. The number of aryl methyl sites for hydroxylation is 1. The van der Waals surface area contributed by atoms with E-state index in [0.29, 0.717) is 5.69 Å². The molecule has 0 fully saturated rings. The van der Waals surface area contributed by atoms with E-state index in [1.54, 1.807) is 12.1 Å². The maximum absolute atomic E-state index is 8.25. The first-order chi connectivity index (χ1) is 7.33. The number of benzene rings is 2. The average Bonchev–Trinajstić information content (AvgIpc) is 2.33. The van der Waals surface area contributed by atoms with E-state index in [1.165, 1.54) is 5.56 Å². The molecule has 0 aromatic heterocycles. The van der Waals surface area contributed by atoms with Crippen molar-refractivity contribution in [1.29, 1.82) is 5.39 Å². The lowest BCUT2D eigenvalue weighted by atomic mass is 10.2. The van der Waals surface area contributed by atoms with Crippen LogP contribution in [0.4, 0.5) is 5.69 Å². The van der Waals surface area contributed by atoms with Crippen molar-refractivity contribution in [3.05, 3.63) is 71.2 Å². The fraction of sp³-hybridized carbons (Fsp3) is 0.0769. The number of nitrogens with zero attached hydrogens (tertiary/aromatic N) is 2. The molecule has 2 aromatic rings. The molecular weight excluding hydrogens is 184 g/mol. The van der Waals surface area contributed by atoms with Crippen LogP contribution in [0.2, 0.25) is 0 Å². The van der Waals surface area contributed by atoms with Crippen LogP contribution >= 0.6 is 0 Å². The van der Waals surface area contributed by atoms with Crippen molar-refractivity contribution >= 4 is 5.69 Å². The minimum atomic E-state index is 0.598. The highest BCUT2D eigenvalue weighted by Crippen LogP contribution is 2.10. The molecule has 2 rings (SSSR count). The van der Waals surface area contributed by atoms with Gasteiger partial charge in [-0.1, -0.05) is 54.1 Å². The molecule has 0 aliphatic rings. The standard InChI is InChI=1S/C7H7N2.C6H6/c1-6-2-4-7(9-8)5-3-6;1-2-4-6-5-3-1/h2-5H,1H3;1-6H/q+1;. The summed E-state index contributed by atoms with van der Waals surface area (Å²) in [5.41, 5.74) is 1.77. The summed E-state index contributed by atoms with van der Waals surface area (Å²) in [6.07, 6.45) is 0. The zero-order valence-corrected chi connectivity index (χ0v) is 8.67. The van der Waals surface area contributed by atoms with Gasteiger partial charge in [0.2, 0.25) is 5.39 Å². The van der Waals surface area contributed by atoms with E-state index >= 15 is 0 Å². The fourth-order valence-electron chi connectivity index (χ4n) is 0.996. The molecule has 2 nitrogen and oxygen atoms in total. The van der Waals surface area contributed by atoms with E-state index in [9.17, 15) is 0 Å². The molecule has 0 N–H and O–H groups in total. The van der Waals surface area contributed by atoms with Gasteiger partial charge in [-0.15, -0.1) is 0 Å². The third-order valence-electron chi connectivity index (χ3n) is 1.82. The van der Waals surface area contributed by atoms with Gasteiger partial charge in [0.1, 0.15) is 0 Å². The molecule has 0 saturated heterocycles. The molecule has 2 heteroatoms. The van der Waals surface area contributed by atoms with Crippen LogP contribution in [0.1, 0.15) is 5.56 Å². The summed E-state index contributed by atoms with van der Waals surface area (Å²) in [5.74, 6) is 0. The first kappa shape index (κ1) is 10.9. The SMILES string of the molecule is Cc1ccc([N+]#N)cc1.c1ccccc1.